The number of rotatable bonds is 5. The predicted octanol–water partition coefficient (Wildman–Crippen LogP) is 3.84. The van der Waals surface area contributed by atoms with Gasteiger partial charge in [0.2, 0.25) is 0 Å². The minimum absolute atomic E-state index is 0.217. The Kier molecular flexibility index (Phi) is 5.09. The highest BCUT2D eigenvalue weighted by Crippen LogP contribution is 2.29. The number of aromatic nitrogens is 2. The first-order chi connectivity index (χ1) is 12.1. The van der Waals surface area contributed by atoms with E-state index < -0.39 is 0 Å². The first kappa shape index (κ1) is 17.1. The highest BCUT2D eigenvalue weighted by molar-refractivity contribution is 7.09. The second-order valence-electron chi connectivity index (χ2n) is 6.07. The Morgan fingerprint density at radius 1 is 1.20 bits per heavy atom. The van der Waals surface area contributed by atoms with Crippen LogP contribution in [0.25, 0.3) is 11.4 Å². The predicted molar refractivity (Wildman–Crippen MR) is 101 cm³/mol. The average Bonchev–Trinajstić information content (AvgIpc) is 3.02. The molecule has 1 amide bonds. The molecular weight excluding hydrogens is 332 g/mol. The molecule has 0 aliphatic rings. The summed E-state index contributed by atoms with van der Waals surface area (Å²) in [5.41, 5.74) is 10.0. The van der Waals surface area contributed by atoms with Crippen LogP contribution in [0.5, 0.6) is 0 Å². The number of nitrogens with zero attached hydrogens (tertiary/aromatic N) is 2. The van der Waals surface area contributed by atoms with Gasteiger partial charge in [-0.2, -0.15) is 4.37 Å². The highest BCUT2D eigenvalue weighted by Gasteiger charge is 2.19. The largest absolute Gasteiger partial charge is 0.396 e. The van der Waals surface area contributed by atoms with Crippen LogP contribution in [-0.2, 0) is 6.54 Å². The second-order valence-corrected chi connectivity index (χ2v) is 6.84. The van der Waals surface area contributed by atoms with E-state index >= 15 is 0 Å². The topological polar surface area (TPSA) is 80.9 Å². The van der Waals surface area contributed by atoms with E-state index in [-0.39, 0.29) is 5.91 Å². The van der Waals surface area contributed by atoms with E-state index in [1.165, 1.54) is 5.56 Å². The number of anilines is 1. The maximum absolute atomic E-state index is 12.4. The Balaban J connectivity index is 1.69. The third-order valence-corrected chi connectivity index (χ3v) is 4.80. The number of benzene rings is 1. The molecule has 128 valence electrons. The molecule has 0 radical (unpaired) electrons. The van der Waals surface area contributed by atoms with Gasteiger partial charge in [-0.05, 0) is 40.7 Å². The van der Waals surface area contributed by atoms with Crippen molar-refractivity contribution in [2.75, 3.05) is 5.73 Å². The molecule has 6 heteroatoms. The first-order valence-electron chi connectivity index (χ1n) is 8.10. The molecule has 0 bridgehead atoms. The lowest BCUT2D eigenvalue weighted by atomic mass is 10.0. The lowest BCUT2D eigenvalue weighted by molar-refractivity contribution is 0.0956. The molecule has 0 aliphatic heterocycles. The number of amides is 1. The van der Waals surface area contributed by atoms with Gasteiger partial charge in [0, 0.05) is 12.7 Å². The standard InChI is InChI=1S/C19H20N4OS/c1-12(2)14-8-6-13(7-9-14)11-22-19(24)18-16(20)17(23-25-18)15-5-3-4-10-21-15/h3-10,12H,11,20H2,1-2H3,(H,22,24). The third-order valence-electron chi connectivity index (χ3n) is 3.94. The molecule has 0 unspecified atom stereocenters. The van der Waals surface area contributed by atoms with Crippen molar-refractivity contribution in [3.63, 3.8) is 0 Å². The highest BCUT2D eigenvalue weighted by atomic mass is 32.1. The van der Waals surface area contributed by atoms with Crippen LogP contribution >= 0.6 is 11.5 Å². The van der Waals surface area contributed by atoms with E-state index in [1.54, 1.807) is 6.20 Å². The summed E-state index contributed by atoms with van der Waals surface area (Å²) in [5, 5.41) is 2.90. The van der Waals surface area contributed by atoms with Crippen LogP contribution < -0.4 is 11.1 Å². The molecule has 0 saturated heterocycles. The van der Waals surface area contributed by atoms with Gasteiger partial charge in [0.05, 0.1) is 11.4 Å². The number of hydrogen-bond acceptors (Lipinski definition) is 5. The zero-order valence-corrected chi connectivity index (χ0v) is 15.0. The molecule has 2 aromatic heterocycles. The summed E-state index contributed by atoms with van der Waals surface area (Å²) >= 11 is 1.09. The number of carbonyl (C=O) groups is 1. The maximum atomic E-state index is 12.4. The van der Waals surface area contributed by atoms with Gasteiger partial charge >= 0.3 is 0 Å². The van der Waals surface area contributed by atoms with Crippen molar-refractivity contribution in [1.29, 1.82) is 0 Å². The Morgan fingerprint density at radius 3 is 2.60 bits per heavy atom. The van der Waals surface area contributed by atoms with E-state index in [0.717, 1.165) is 17.1 Å². The zero-order valence-electron chi connectivity index (χ0n) is 14.2. The van der Waals surface area contributed by atoms with Crippen LogP contribution in [0.4, 0.5) is 5.69 Å². The van der Waals surface area contributed by atoms with Gasteiger partial charge < -0.3 is 11.1 Å². The molecule has 0 spiro atoms. The van der Waals surface area contributed by atoms with Crippen LogP contribution in [0, 0.1) is 0 Å². The van der Waals surface area contributed by atoms with Crippen molar-refractivity contribution < 1.29 is 4.79 Å². The fourth-order valence-electron chi connectivity index (χ4n) is 2.43. The third kappa shape index (κ3) is 3.85. The summed E-state index contributed by atoms with van der Waals surface area (Å²) in [6.45, 7) is 4.76. The van der Waals surface area contributed by atoms with Crippen LogP contribution in [0.2, 0.25) is 0 Å². The van der Waals surface area contributed by atoms with E-state index in [1.807, 2.05) is 30.3 Å². The van der Waals surface area contributed by atoms with Gasteiger partial charge in [0.15, 0.2) is 0 Å². The molecule has 0 fully saturated rings. The number of nitrogens with two attached hydrogens (primary N) is 1. The van der Waals surface area contributed by atoms with Gasteiger partial charge in [0.25, 0.3) is 5.91 Å². The monoisotopic (exact) mass is 352 g/mol. The minimum atomic E-state index is -0.217. The Bertz CT molecular complexity index is 857. The summed E-state index contributed by atoms with van der Waals surface area (Å²) in [5.74, 6) is 0.274. The van der Waals surface area contributed by atoms with Crippen molar-refractivity contribution >= 4 is 23.1 Å². The van der Waals surface area contributed by atoms with Crippen molar-refractivity contribution in [3.8, 4) is 11.4 Å². The lowest BCUT2D eigenvalue weighted by Crippen LogP contribution is -2.22. The number of pyridine rings is 1. The smallest absolute Gasteiger partial charge is 0.265 e. The van der Waals surface area contributed by atoms with Crippen molar-refractivity contribution in [1.82, 2.24) is 14.7 Å². The average molecular weight is 352 g/mol. The molecule has 0 atom stereocenters. The maximum Gasteiger partial charge on any atom is 0.265 e. The first-order valence-corrected chi connectivity index (χ1v) is 8.87. The molecule has 3 rings (SSSR count). The van der Waals surface area contributed by atoms with E-state index in [0.29, 0.717) is 34.4 Å². The van der Waals surface area contributed by atoms with Crippen LogP contribution in [0.3, 0.4) is 0 Å². The molecule has 3 N–H and O–H groups in total. The van der Waals surface area contributed by atoms with Crippen LogP contribution in [0.15, 0.2) is 48.7 Å². The molecule has 3 aromatic rings. The Morgan fingerprint density at radius 2 is 1.96 bits per heavy atom. The number of nitrogen functional groups attached to an aromatic ring is 1. The number of nitrogens with one attached hydrogen (secondary N) is 1. The van der Waals surface area contributed by atoms with Gasteiger partial charge in [0.1, 0.15) is 10.6 Å². The summed E-state index contributed by atoms with van der Waals surface area (Å²) in [6.07, 6.45) is 1.68. The summed E-state index contributed by atoms with van der Waals surface area (Å²) in [6, 6.07) is 13.8. The summed E-state index contributed by atoms with van der Waals surface area (Å²) < 4.78 is 4.29. The second kappa shape index (κ2) is 7.44. The van der Waals surface area contributed by atoms with Crippen molar-refractivity contribution in [3.05, 3.63) is 64.7 Å². The SMILES string of the molecule is CC(C)c1ccc(CNC(=O)c2snc(-c3ccccn3)c2N)cc1. The molecule has 5 nitrogen and oxygen atoms in total. The zero-order chi connectivity index (χ0) is 17.8. The summed E-state index contributed by atoms with van der Waals surface area (Å²) in [7, 11) is 0. The van der Waals surface area contributed by atoms with Crippen molar-refractivity contribution in [2.24, 2.45) is 0 Å². The molecule has 2 heterocycles. The Hall–Kier alpha value is -2.73. The molecule has 0 aliphatic carbocycles. The van der Waals surface area contributed by atoms with Crippen LogP contribution in [-0.4, -0.2) is 15.3 Å². The van der Waals surface area contributed by atoms with E-state index in [2.05, 4.69) is 40.7 Å². The molecule has 1 aromatic carbocycles. The van der Waals surface area contributed by atoms with Gasteiger partial charge in [-0.15, -0.1) is 0 Å². The molecular formula is C19H20N4OS. The van der Waals surface area contributed by atoms with Crippen LogP contribution in [0.1, 0.15) is 40.6 Å². The van der Waals surface area contributed by atoms with E-state index in [4.69, 9.17) is 5.73 Å². The quantitative estimate of drug-likeness (QED) is 0.731. The Labute approximate surface area is 151 Å². The van der Waals surface area contributed by atoms with Gasteiger partial charge in [-0.3, -0.25) is 9.78 Å². The molecule has 25 heavy (non-hydrogen) atoms. The fraction of sp³-hybridized carbons (Fsp3) is 0.211. The van der Waals surface area contributed by atoms with Gasteiger partial charge in [-0.25, -0.2) is 0 Å². The van der Waals surface area contributed by atoms with Gasteiger partial charge in [-0.1, -0.05) is 44.2 Å². The normalized spacial score (nSPS) is 10.8. The minimum Gasteiger partial charge on any atom is -0.396 e. The lowest BCUT2D eigenvalue weighted by Gasteiger charge is -2.08. The fourth-order valence-corrected chi connectivity index (χ4v) is 3.16. The number of carbonyl (C=O) groups excluding carboxylic acids is 1. The number of hydrogen-bond donors (Lipinski definition) is 2. The summed E-state index contributed by atoms with van der Waals surface area (Å²) in [4.78, 5) is 17.1. The van der Waals surface area contributed by atoms with E-state index in [9.17, 15) is 4.79 Å². The van der Waals surface area contributed by atoms with Crippen molar-refractivity contribution in [2.45, 2.75) is 26.3 Å². The molecule has 0 saturated carbocycles.